The molecule has 7 heteroatoms. The van der Waals surface area contributed by atoms with Crippen LogP contribution in [-0.2, 0) is 24.1 Å². The molecule has 1 atom stereocenters. The molecule has 0 spiro atoms. The van der Waals surface area contributed by atoms with Gasteiger partial charge in [-0.25, -0.2) is 0 Å². The number of ether oxygens (including phenoxy) is 1. The average molecular weight is 516 g/mol. The highest BCUT2D eigenvalue weighted by Crippen LogP contribution is 2.45. The second-order valence-electron chi connectivity index (χ2n) is 10.2. The standard InChI is InChI=1S/C29H41NO5S/c1-6-29(7-2)11-10-23-24(14-29)20(5)36-28(23)25(33)9-8-21-12-18(3)27(19(4)13-21)35-17-22(32)15-30-26(34)16-31/h12-13,22,31-32H,6-11,14-17H2,1-5H3,(H,30,34). The summed E-state index contributed by atoms with van der Waals surface area (Å²) in [5.74, 6) is 0.415. The van der Waals surface area contributed by atoms with E-state index < -0.39 is 18.6 Å². The van der Waals surface area contributed by atoms with E-state index in [9.17, 15) is 14.7 Å². The zero-order valence-corrected chi connectivity index (χ0v) is 23.1. The van der Waals surface area contributed by atoms with Gasteiger partial charge in [0.1, 0.15) is 25.1 Å². The van der Waals surface area contributed by atoms with Crippen LogP contribution in [0.1, 0.15) is 81.9 Å². The van der Waals surface area contributed by atoms with E-state index in [-0.39, 0.29) is 18.9 Å². The number of ketones is 1. The summed E-state index contributed by atoms with van der Waals surface area (Å²) >= 11 is 1.69. The van der Waals surface area contributed by atoms with Gasteiger partial charge in [-0.2, -0.15) is 0 Å². The molecule has 3 rings (SSSR count). The van der Waals surface area contributed by atoms with Gasteiger partial charge in [0.05, 0.1) is 4.88 Å². The third-order valence-electron chi connectivity index (χ3n) is 7.79. The first-order chi connectivity index (χ1) is 17.1. The van der Waals surface area contributed by atoms with E-state index in [1.807, 2.05) is 26.0 Å². The molecule has 198 valence electrons. The average Bonchev–Trinajstić information content (AvgIpc) is 3.20. The van der Waals surface area contributed by atoms with Gasteiger partial charge in [0, 0.05) is 17.8 Å². The van der Waals surface area contributed by atoms with E-state index in [1.165, 1.54) is 35.3 Å². The van der Waals surface area contributed by atoms with Crippen LogP contribution in [0.15, 0.2) is 12.1 Å². The van der Waals surface area contributed by atoms with Gasteiger partial charge in [-0.3, -0.25) is 9.59 Å². The number of hydrogen-bond donors (Lipinski definition) is 3. The van der Waals surface area contributed by atoms with Gasteiger partial charge in [0.15, 0.2) is 5.78 Å². The molecule has 36 heavy (non-hydrogen) atoms. The molecule has 0 radical (unpaired) electrons. The van der Waals surface area contributed by atoms with Crippen LogP contribution in [-0.4, -0.2) is 47.8 Å². The van der Waals surface area contributed by atoms with Crippen molar-refractivity contribution < 1.29 is 24.5 Å². The summed E-state index contributed by atoms with van der Waals surface area (Å²) < 4.78 is 5.82. The van der Waals surface area contributed by atoms with Gasteiger partial charge in [0.25, 0.3) is 0 Å². The quantitative estimate of drug-likeness (QED) is 0.358. The Hall–Kier alpha value is -2.22. The minimum Gasteiger partial charge on any atom is -0.490 e. The summed E-state index contributed by atoms with van der Waals surface area (Å²) in [5, 5.41) is 21.2. The lowest BCUT2D eigenvalue weighted by Crippen LogP contribution is -2.36. The number of nitrogens with one attached hydrogen (secondary N) is 1. The molecular weight excluding hydrogens is 474 g/mol. The lowest BCUT2D eigenvalue weighted by Gasteiger charge is -2.36. The predicted octanol–water partition coefficient (Wildman–Crippen LogP) is 4.63. The fourth-order valence-electron chi connectivity index (χ4n) is 5.36. The van der Waals surface area contributed by atoms with Crippen molar-refractivity contribution in [3.8, 4) is 5.75 Å². The smallest absolute Gasteiger partial charge is 0.245 e. The van der Waals surface area contributed by atoms with Crippen molar-refractivity contribution in [1.82, 2.24) is 5.32 Å². The van der Waals surface area contributed by atoms with Crippen molar-refractivity contribution in [2.45, 2.75) is 85.7 Å². The number of carbonyl (C=O) groups excluding carboxylic acids is 2. The largest absolute Gasteiger partial charge is 0.490 e. The molecule has 0 saturated heterocycles. The molecule has 1 heterocycles. The summed E-state index contributed by atoms with van der Waals surface area (Å²) in [6.07, 6.45) is 5.97. The number of hydrogen-bond acceptors (Lipinski definition) is 6. The first kappa shape index (κ1) is 28.4. The number of carbonyl (C=O) groups is 2. The number of aliphatic hydroxyl groups is 2. The van der Waals surface area contributed by atoms with Crippen molar-refractivity contribution in [3.63, 3.8) is 0 Å². The number of rotatable bonds is 12. The Kier molecular flexibility index (Phi) is 9.72. The van der Waals surface area contributed by atoms with E-state index in [4.69, 9.17) is 9.84 Å². The number of Topliss-reactive ketones (excluding diaryl/α,β-unsaturated/α-hetero) is 1. The number of aryl methyl sites for hydroxylation is 4. The van der Waals surface area contributed by atoms with Crippen LogP contribution in [0.5, 0.6) is 5.75 Å². The Balaban J connectivity index is 1.61. The maximum Gasteiger partial charge on any atom is 0.245 e. The highest BCUT2D eigenvalue weighted by molar-refractivity contribution is 7.14. The first-order valence-corrected chi connectivity index (χ1v) is 13.9. The van der Waals surface area contributed by atoms with Crippen molar-refractivity contribution in [2.75, 3.05) is 19.8 Å². The third-order valence-corrected chi connectivity index (χ3v) is 9.02. The summed E-state index contributed by atoms with van der Waals surface area (Å²) in [4.78, 5) is 26.7. The Bertz CT molecular complexity index is 1060. The van der Waals surface area contributed by atoms with Gasteiger partial charge in [0.2, 0.25) is 5.91 Å². The SMILES string of the molecule is CCC1(CC)CCc2c(C(=O)CCc3cc(C)c(OCC(O)CNC(=O)CO)c(C)c3)sc(C)c2C1. The van der Waals surface area contributed by atoms with E-state index in [2.05, 4.69) is 26.1 Å². The summed E-state index contributed by atoms with van der Waals surface area (Å²) in [6, 6.07) is 4.09. The van der Waals surface area contributed by atoms with Crippen molar-refractivity contribution in [2.24, 2.45) is 5.41 Å². The summed E-state index contributed by atoms with van der Waals surface area (Å²) in [6.45, 7) is 10.1. The molecule has 1 aromatic carbocycles. The molecule has 0 fully saturated rings. The maximum atomic E-state index is 13.3. The van der Waals surface area contributed by atoms with Crippen LogP contribution in [0.25, 0.3) is 0 Å². The Labute approximate surface area is 219 Å². The van der Waals surface area contributed by atoms with Gasteiger partial charge in [-0.1, -0.05) is 38.8 Å². The molecule has 6 nitrogen and oxygen atoms in total. The molecule has 1 aliphatic rings. The molecule has 1 aliphatic carbocycles. The lowest BCUT2D eigenvalue weighted by atomic mass is 9.68. The second-order valence-corrected chi connectivity index (χ2v) is 11.5. The minimum atomic E-state index is -0.878. The Morgan fingerprint density at radius 3 is 2.42 bits per heavy atom. The molecule has 2 aromatic rings. The fraction of sp³-hybridized carbons (Fsp3) is 0.586. The van der Waals surface area contributed by atoms with Crippen LogP contribution >= 0.6 is 11.3 Å². The summed E-state index contributed by atoms with van der Waals surface area (Å²) in [7, 11) is 0. The normalized spacial score (nSPS) is 15.3. The number of amides is 1. The fourth-order valence-corrected chi connectivity index (χ4v) is 6.55. The second kappa shape index (κ2) is 12.3. The molecule has 1 unspecified atom stereocenters. The van der Waals surface area contributed by atoms with E-state index >= 15 is 0 Å². The topological polar surface area (TPSA) is 95.9 Å². The van der Waals surface area contributed by atoms with Crippen molar-refractivity contribution >= 4 is 23.0 Å². The van der Waals surface area contributed by atoms with Gasteiger partial charge >= 0.3 is 0 Å². The number of thiophene rings is 1. The summed E-state index contributed by atoms with van der Waals surface area (Å²) in [5.41, 5.74) is 6.13. The Morgan fingerprint density at radius 2 is 1.81 bits per heavy atom. The minimum absolute atomic E-state index is 0.0153. The zero-order valence-electron chi connectivity index (χ0n) is 22.3. The maximum absolute atomic E-state index is 13.3. The van der Waals surface area contributed by atoms with E-state index in [1.54, 1.807) is 11.3 Å². The van der Waals surface area contributed by atoms with Crippen molar-refractivity contribution in [3.05, 3.63) is 49.7 Å². The first-order valence-electron chi connectivity index (χ1n) is 13.1. The lowest BCUT2D eigenvalue weighted by molar-refractivity contribution is -0.124. The van der Waals surface area contributed by atoms with Crippen LogP contribution in [0.2, 0.25) is 0 Å². The third kappa shape index (κ3) is 6.55. The number of fused-ring (bicyclic) bond motifs is 1. The Morgan fingerprint density at radius 1 is 1.14 bits per heavy atom. The highest BCUT2D eigenvalue weighted by Gasteiger charge is 2.35. The number of benzene rings is 1. The van der Waals surface area contributed by atoms with Gasteiger partial charge in [-0.05, 0) is 79.7 Å². The van der Waals surface area contributed by atoms with E-state index in [0.29, 0.717) is 24.0 Å². The zero-order chi connectivity index (χ0) is 26.5. The molecule has 1 aromatic heterocycles. The molecule has 0 bridgehead atoms. The molecule has 0 saturated carbocycles. The van der Waals surface area contributed by atoms with E-state index in [0.717, 1.165) is 34.4 Å². The highest BCUT2D eigenvalue weighted by atomic mass is 32.1. The monoisotopic (exact) mass is 515 g/mol. The molecule has 0 aliphatic heterocycles. The molecule has 3 N–H and O–H groups in total. The van der Waals surface area contributed by atoms with Crippen LogP contribution < -0.4 is 10.1 Å². The molecular formula is C29H41NO5S. The van der Waals surface area contributed by atoms with Crippen LogP contribution in [0.4, 0.5) is 0 Å². The van der Waals surface area contributed by atoms with Gasteiger partial charge in [-0.15, -0.1) is 11.3 Å². The van der Waals surface area contributed by atoms with Crippen molar-refractivity contribution in [1.29, 1.82) is 0 Å². The molecule has 1 amide bonds. The van der Waals surface area contributed by atoms with Crippen LogP contribution in [0.3, 0.4) is 0 Å². The number of aliphatic hydroxyl groups excluding tert-OH is 2. The van der Waals surface area contributed by atoms with Gasteiger partial charge < -0.3 is 20.3 Å². The van der Waals surface area contributed by atoms with Crippen LogP contribution in [0, 0.1) is 26.2 Å². The predicted molar refractivity (Wildman–Crippen MR) is 144 cm³/mol.